The first-order chi connectivity index (χ1) is 10.2. The van der Waals surface area contributed by atoms with Gasteiger partial charge in [-0.1, -0.05) is 76.6 Å². The predicted octanol–water partition coefficient (Wildman–Crippen LogP) is 4.55. The van der Waals surface area contributed by atoms with Crippen LogP contribution in [0.4, 0.5) is 0 Å². The molecular formula is C17H21BrNOP. The maximum absolute atomic E-state index is 13.3. The van der Waals surface area contributed by atoms with Crippen LogP contribution in [0.1, 0.15) is 18.4 Å². The number of benzene rings is 2. The van der Waals surface area contributed by atoms with Gasteiger partial charge in [-0.05, 0) is 18.4 Å². The van der Waals surface area contributed by atoms with Crippen LogP contribution in [0, 0.1) is 0 Å². The van der Waals surface area contributed by atoms with Gasteiger partial charge in [-0.15, -0.1) is 0 Å². The molecule has 2 nitrogen and oxygen atoms in total. The van der Waals surface area contributed by atoms with Crippen molar-refractivity contribution in [3.05, 3.63) is 66.2 Å². The lowest BCUT2D eigenvalue weighted by molar-refractivity contribution is 0.569. The zero-order valence-electron chi connectivity index (χ0n) is 12.0. The second-order valence-corrected chi connectivity index (χ2v) is 8.57. The first-order valence-corrected chi connectivity index (χ1v) is 10.3. The molecule has 0 amide bonds. The van der Waals surface area contributed by atoms with Crippen molar-refractivity contribution in [2.75, 3.05) is 11.5 Å². The zero-order valence-corrected chi connectivity index (χ0v) is 14.5. The average Bonchev–Trinajstić information content (AvgIpc) is 2.55. The molecule has 0 aliphatic carbocycles. The van der Waals surface area contributed by atoms with Crippen LogP contribution < -0.4 is 10.4 Å². The fraction of sp³-hybridized carbons (Fsp3) is 0.294. The van der Waals surface area contributed by atoms with Gasteiger partial charge in [0.25, 0.3) is 0 Å². The number of hydrogen-bond acceptors (Lipinski definition) is 1. The van der Waals surface area contributed by atoms with Crippen molar-refractivity contribution in [1.82, 2.24) is 5.09 Å². The third-order valence-corrected chi connectivity index (χ3v) is 6.72. The molecule has 0 aliphatic heterocycles. The Morgan fingerprint density at radius 1 is 0.905 bits per heavy atom. The Balaban J connectivity index is 2.10. The molecule has 1 N–H and O–H groups in total. The molecular weight excluding hydrogens is 345 g/mol. The first kappa shape index (κ1) is 16.5. The van der Waals surface area contributed by atoms with E-state index in [9.17, 15) is 4.57 Å². The van der Waals surface area contributed by atoms with Crippen LogP contribution in [0.5, 0.6) is 0 Å². The van der Waals surface area contributed by atoms with E-state index in [1.54, 1.807) is 0 Å². The van der Waals surface area contributed by atoms with Crippen LogP contribution >= 0.6 is 23.2 Å². The summed E-state index contributed by atoms with van der Waals surface area (Å²) in [5.74, 6) is 0. The van der Waals surface area contributed by atoms with Gasteiger partial charge >= 0.3 is 0 Å². The highest BCUT2D eigenvalue weighted by molar-refractivity contribution is 9.09. The number of halogens is 1. The predicted molar refractivity (Wildman–Crippen MR) is 94.9 cm³/mol. The average molecular weight is 366 g/mol. The van der Waals surface area contributed by atoms with Crippen LogP contribution in [-0.2, 0) is 11.1 Å². The summed E-state index contributed by atoms with van der Waals surface area (Å²) in [5, 5.41) is 5.21. The molecule has 1 unspecified atom stereocenters. The Morgan fingerprint density at radius 3 is 2.14 bits per heavy atom. The van der Waals surface area contributed by atoms with Gasteiger partial charge in [0.1, 0.15) is 0 Å². The highest BCUT2D eigenvalue weighted by Crippen LogP contribution is 2.41. The van der Waals surface area contributed by atoms with Crippen LogP contribution in [0.3, 0.4) is 0 Å². The Bertz CT molecular complexity index is 574. The summed E-state index contributed by atoms with van der Waals surface area (Å²) in [6, 6.07) is 19.9. The van der Waals surface area contributed by atoms with E-state index in [0.717, 1.165) is 29.0 Å². The third-order valence-electron chi connectivity index (χ3n) is 3.41. The number of rotatable bonds is 8. The van der Waals surface area contributed by atoms with Crippen LogP contribution in [0.15, 0.2) is 60.7 Å². The highest BCUT2D eigenvalue weighted by Gasteiger charge is 2.23. The monoisotopic (exact) mass is 365 g/mol. The molecule has 0 aliphatic rings. The molecule has 2 rings (SSSR count). The minimum Gasteiger partial charge on any atom is -0.302 e. The minimum atomic E-state index is -2.54. The molecule has 4 heteroatoms. The summed E-state index contributed by atoms with van der Waals surface area (Å²) < 4.78 is 13.3. The maximum atomic E-state index is 13.3. The van der Waals surface area contributed by atoms with E-state index in [1.807, 2.05) is 48.5 Å². The van der Waals surface area contributed by atoms with E-state index >= 15 is 0 Å². The standard InChI is InChI=1S/C17H21BrNOP/c18-13-7-8-14-21(20,17-11-5-2-6-12-17)19-15-16-9-3-1-4-10-16/h1-6,9-12H,7-8,13-15H2,(H,19,20). The van der Waals surface area contributed by atoms with Crippen molar-refractivity contribution in [2.24, 2.45) is 0 Å². The van der Waals surface area contributed by atoms with E-state index in [-0.39, 0.29) is 0 Å². The van der Waals surface area contributed by atoms with Gasteiger partial charge in [0, 0.05) is 23.3 Å². The Hall–Kier alpha value is -0.890. The Kier molecular flexibility index (Phi) is 6.69. The molecule has 0 saturated carbocycles. The fourth-order valence-corrected chi connectivity index (χ4v) is 4.97. The largest absolute Gasteiger partial charge is 0.302 e. The number of hydrogen-bond donors (Lipinski definition) is 1. The highest BCUT2D eigenvalue weighted by atomic mass is 79.9. The lowest BCUT2D eigenvalue weighted by atomic mass is 10.2. The van der Waals surface area contributed by atoms with Crippen molar-refractivity contribution in [2.45, 2.75) is 19.4 Å². The third kappa shape index (κ3) is 5.10. The zero-order chi connectivity index (χ0) is 15.0. The molecule has 0 spiro atoms. The van der Waals surface area contributed by atoms with Crippen molar-refractivity contribution >= 4 is 28.5 Å². The van der Waals surface area contributed by atoms with Crippen molar-refractivity contribution in [3.8, 4) is 0 Å². The fourth-order valence-electron chi connectivity index (χ4n) is 2.21. The molecule has 0 fully saturated rings. The van der Waals surface area contributed by atoms with Gasteiger partial charge in [0.15, 0.2) is 7.29 Å². The molecule has 2 aromatic rings. The van der Waals surface area contributed by atoms with E-state index in [0.29, 0.717) is 12.7 Å². The Labute approximate surface area is 135 Å². The Morgan fingerprint density at radius 2 is 1.52 bits per heavy atom. The smallest absolute Gasteiger partial charge is 0.176 e. The summed E-state index contributed by atoms with van der Waals surface area (Å²) in [5.41, 5.74) is 1.16. The summed E-state index contributed by atoms with van der Waals surface area (Å²) in [6.45, 7) is 0.640. The molecule has 0 bridgehead atoms. The summed E-state index contributed by atoms with van der Waals surface area (Å²) >= 11 is 3.44. The molecule has 0 saturated heterocycles. The van der Waals surface area contributed by atoms with Crippen molar-refractivity contribution in [1.29, 1.82) is 0 Å². The molecule has 0 radical (unpaired) electrons. The van der Waals surface area contributed by atoms with E-state index in [2.05, 4.69) is 33.1 Å². The molecule has 1 atom stereocenters. The van der Waals surface area contributed by atoms with Gasteiger partial charge in [-0.25, -0.2) is 0 Å². The van der Waals surface area contributed by atoms with Gasteiger partial charge in [-0.2, -0.15) is 0 Å². The van der Waals surface area contributed by atoms with Crippen molar-refractivity contribution < 1.29 is 4.57 Å². The number of nitrogens with one attached hydrogen (secondary N) is 1. The maximum Gasteiger partial charge on any atom is 0.176 e. The summed E-state index contributed by atoms with van der Waals surface area (Å²) in [7, 11) is -2.54. The van der Waals surface area contributed by atoms with Gasteiger partial charge in [0.2, 0.25) is 0 Å². The topological polar surface area (TPSA) is 29.1 Å². The first-order valence-electron chi connectivity index (χ1n) is 7.24. The normalized spacial score (nSPS) is 13.8. The van der Waals surface area contributed by atoms with Crippen molar-refractivity contribution in [3.63, 3.8) is 0 Å². The summed E-state index contributed by atoms with van der Waals surface area (Å²) in [6.07, 6.45) is 2.71. The molecule has 2 aromatic carbocycles. The second kappa shape index (κ2) is 8.53. The SMILES string of the molecule is O=P(CCCCBr)(NCc1ccccc1)c1ccccc1. The summed E-state index contributed by atoms with van der Waals surface area (Å²) in [4.78, 5) is 0. The molecule has 21 heavy (non-hydrogen) atoms. The van der Waals surface area contributed by atoms with Gasteiger partial charge in [-0.3, -0.25) is 5.09 Å². The number of unbranched alkanes of at least 4 members (excludes halogenated alkanes) is 1. The van der Waals surface area contributed by atoms with Gasteiger partial charge in [0.05, 0.1) is 0 Å². The van der Waals surface area contributed by atoms with Crippen LogP contribution in [0.25, 0.3) is 0 Å². The van der Waals surface area contributed by atoms with Gasteiger partial charge < -0.3 is 4.57 Å². The van der Waals surface area contributed by atoms with Crippen LogP contribution in [-0.4, -0.2) is 11.5 Å². The molecule has 112 valence electrons. The number of alkyl halides is 1. The second-order valence-electron chi connectivity index (χ2n) is 5.02. The quantitative estimate of drug-likeness (QED) is 0.422. The van der Waals surface area contributed by atoms with Crippen LogP contribution in [0.2, 0.25) is 0 Å². The van der Waals surface area contributed by atoms with E-state index in [4.69, 9.17) is 0 Å². The lowest BCUT2D eigenvalue weighted by Crippen LogP contribution is -2.21. The van der Waals surface area contributed by atoms with E-state index in [1.165, 1.54) is 0 Å². The van der Waals surface area contributed by atoms with E-state index < -0.39 is 7.29 Å². The lowest BCUT2D eigenvalue weighted by Gasteiger charge is -2.20. The molecule has 0 aromatic heterocycles. The minimum absolute atomic E-state index is 0.640. The molecule has 0 heterocycles.